The molecule has 0 saturated carbocycles. The maximum absolute atomic E-state index is 10.4. The molecule has 0 spiro atoms. The predicted molar refractivity (Wildman–Crippen MR) is 58.3 cm³/mol. The van der Waals surface area contributed by atoms with Gasteiger partial charge in [-0.05, 0) is 12.5 Å². The number of benzene rings is 1. The van der Waals surface area contributed by atoms with Crippen molar-refractivity contribution >= 4 is 5.69 Å². The maximum atomic E-state index is 10.4. The number of nitro benzene ring substituents is 1. The Morgan fingerprint density at radius 3 is 2.60 bits per heavy atom. The molecule has 0 heterocycles. The number of terminal acetylenes is 1. The summed E-state index contributed by atoms with van der Waals surface area (Å²) in [7, 11) is 0. The van der Waals surface area contributed by atoms with Crippen molar-refractivity contribution < 1.29 is 4.92 Å². The van der Waals surface area contributed by atoms with Crippen LogP contribution in [0.2, 0.25) is 0 Å². The second-order valence-electron chi connectivity index (χ2n) is 3.16. The lowest BCUT2D eigenvalue weighted by molar-refractivity contribution is -0.384. The molecule has 1 aromatic rings. The molecule has 0 aromatic heterocycles. The van der Waals surface area contributed by atoms with Crippen LogP contribution in [-0.4, -0.2) is 11.5 Å². The smallest absolute Gasteiger partial charge is 0.269 e. The van der Waals surface area contributed by atoms with Crippen molar-refractivity contribution in [1.29, 1.82) is 0 Å². The van der Waals surface area contributed by atoms with Gasteiger partial charge in [0, 0.05) is 18.2 Å². The van der Waals surface area contributed by atoms with Crippen LogP contribution < -0.4 is 5.32 Å². The van der Waals surface area contributed by atoms with Gasteiger partial charge in [-0.1, -0.05) is 18.1 Å². The van der Waals surface area contributed by atoms with Crippen molar-refractivity contribution in [3.8, 4) is 12.3 Å². The highest BCUT2D eigenvalue weighted by Gasteiger charge is 2.07. The van der Waals surface area contributed by atoms with Gasteiger partial charge in [-0.15, -0.1) is 6.42 Å². The van der Waals surface area contributed by atoms with Crippen LogP contribution in [0.5, 0.6) is 0 Å². The second kappa shape index (κ2) is 5.13. The lowest BCUT2D eigenvalue weighted by Gasteiger charge is -2.11. The van der Waals surface area contributed by atoms with E-state index in [0.29, 0.717) is 6.54 Å². The molecular weight excluding hydrogens is 192 g/mol. The third-order valence-electron chi connectivity index (χ3n) is 2.11. The molecular formula is C11H12N2O2. The standard InChI is InChI=1S/C11H12N2O2/c1-3-8-12-9(2)10-4-6-11(7-5-10)13(14)15/h1,4-7,9,12H,8H2,2H3. The molecule has 4 nitrogen and oxygen atoms in total. The van der Waals surface area contributed by atoms with Crippen LogP contribution in [0.15, 0.2) is 24.3 Å². The molecule has 0 aliphatic carbocycles. The fraction of sp³-hybridized carbons (Fsp3) is 0.273. The third kappa shape index (κ3) is 3.08. The Morgan fingerprint density at radius 1 is 1.53 bits per heavy atom. The van der Waals surface area contributed by atoms with Crippen LogP contribution in [0.4, 0.5) is 5.69 Å². The van der Waals surface area contributed by atoms with Crippen molar-refractivity contribution in [3.05, 3.63) is 39.9 Å². The monoisotopic (exact) mass is 204 g/mol. The summed E-state index contributed by atoms with van der Waals surface area (Å²) in [6, 6.07) is 6.53. The van der Waals surface area contributed by atoms with Crippen molar-refractivity contribution in [2.24, 2.45) is 0 Å². The summed E-state index contributed by atoms with van der Waals surface area (Å²) in [5.74, 6) is 2.48. The minimum Gasteiger partial charge on any atom is -0.300 e. The van der Waals surface area contributed by atoms with E-state index in [0.717, 1.165) is 5.56 Å². The van der Waals surface area contributed by atoms with E-state index in [1.54, 1.807) is 12.1 Å². The molecule has 0 fully saturated rings. The fourth-order valence-electron chi connectivity index (χ4n) is 1.21. The lowest BCUT2D eigenvalue weighted by Crippen LogP contribution is -2.18. The molecule has 78 valence electrons. The molecule has 0 radical (unpaired) electrons. The second-order valence-corrected chi connectivity index (χ2v) is 3.16. The van der Waals surface area contributed by atoms with Crippen LogP contribution in [-0.2, 0) is 0 Å². The summed E-state index contributed by atoms with van der Waals surface area (Å²) in [5, 5.41) is 13.5. The van der Waals surface area contributed by atoms with Crippen molar-refractivity contribution in [2.45, 2.75) is 13.0 Å². The Labute approximate surface area is 88.5 Å². The summed E-state index contributed by atoms with van der Waals surface area (Å²) in [5.41, 5.74) is 1.08. The molecule has 1 rings (SSSR count). The zero-order valence-corrected chi connectivity index (χ0v) is 8.43. The SMILES string of the molecule is C#CCNC(C)c1ccc([N+](=O)[O-])cc1. The molecule has 1 aromatic carbocycles. The average Bonchev–Trinajstić information content (AvgIpc) is 2.26. The first-order valence-electron chi connectivity index (χ1n) is 4.56. The first-order chi connectivity index (χ1) is 7.15. The number of non-ortho nitro benzene ring substituents is 1. The molecule has 0 aliphatic rings. The first-order valence-corrected chi connectivity index (χ1v) is 4.56. The van der Waals surface area contributed by atoms with Gasteiger partial charge in [0.05, 0.1) is 11.5 Å². The average molecular weight is 204 g/mol. The number of nitrogens with one attached hydrogen (secondary N) is 1. The van der Waals surface area contributed by atoms with Crippen LogP contribution in [0.25, 0.3) is 0 Å². The minimum atomic E-state index is -0.413. The number of hydrogen-bond acceptors (Lipinski definition) is 3. The van der Waals surface area contributed by atoms with E-state index in [1.807, 2.05) is 6.92 Å². The summed E-state index contributed by atoms with van der Waals surface area (Å²) in [4.78, 5) is 10.0. The fourth-order valence-corrected chi connectivity index (χ4v) is 1.21. The third-order valence-corrected chi connectivity index (χ3v) is 2.11. The molecule has 1 atom stereocenters. The van der Waals surface area contributed by atoms with Crippen LogP contribution in [0, 0.1) is 22.5 Å². The van der Waals surface area contributed by atoms with Gasteiger partial charge in [-0.2, -0.15) is 0 Å². The van der Waals surface area contributed by atoms with E-state index in [1.165, 1.54) is 12.1 Å². The van der Waals surface area contributed by atoms with Gasteiger partial charge in [0.25, 0.3) is 5.69 Å². The molecule has 15 heavy (non-hydrogen) atoms. The molecule has 0 bridgehead atoms. The van der Waals surface area contributed by atoms with Gasteiger partial charge >= 0.3 is 0 Å². The van der Waals surface area contributed by atoms with Crippen LogP contribution in [0.1, 0.15) is 18.5 Å². The number of nitro groups is 1. The molecule has 1 N–H and O–H groups in total. The van der Waals surface area contributed by atoms with Crippen LogP contribution in [0.3, 0.4) is 0 Å². The first kappa shape index (κ1) is 11.2. The summed E-state index contributed by atoms with van der Waals surface area (Å²) in [6.07, 6.45) is 5.12. The van der Waals surface area contributed by atoms with Gasteiger partial charge in [-0.3, -0.25) is 15.4 Å². The quantitative estimate of drug-likeness (QED) is 0.463. The normalized spacial score (nSPS) is 11.7. The Balaban J connectivity index is 2.71. The molecule has 0 saturated heterocycles. The van der Waals surface area contributed by atoms with Gasteiger partial charge < -0.3 is 0 Å². The van der Waals surface area contributed by atoms with E-state index >= 15 is 0 Å². The zero-order valence-electron chi connectivity index (χ0n) is 8.43. The highest BCUT2D eigenvalue weighted by atomic mass is 16.6. The summed E-state index contributed by atoms with van der Waals surface area (Å²) >= 11 is 0. The van der Waals surface area contributed by atoms with Gasteiger partial charge in [-0.25, -0.2) is 0 Å². The van der Waals surface area contributed by atoms with E-state index < -0.39 is 4.92 Å². The zero-order chi connectivity index (χ0) is 11.3. The highest BCUT2D eigenvalue weighted by molar-refractivity contribution is 5.34. The maximum Gasteiger partial charge on any atom is 0.269 e. The van der Waals surface area contributed by atoms with Crippen molar-refractivity contribution in [2.75, 3.05) is 6.54 Å². The lowest BCUT2D eigenvalue weighted by atomic mass is 10.1. The Morgan fingerprint density at radius 2 is 2.13 bits per heavy atom. The van der Waals surface area contributed by atoms with Gasteiger partial charge in [0.1, 0.15) is 0 Å². The molecule has 4 heteroatoms. The Bertz CT molecular complexity index is 379. The van der Waals surface area contributed by atoms with E-state index in [-0.39, 0.29) is 11.7 Å². The van der Waals surface area contributed by atoms with Crippen molar-refractivity contribution in [1.82, 2.24) is 5.32 Å². The number of nitrogens with zero attached hydrogens (tertiary/aromatic N) is 1. The largest absolute Gasteiger partial charge is 0.300 e. The Kier molecular flexibility index (Phi) is 3.83. The minimum absolute atomic E-state index is 0.0989. The van der Waals surface area contributed by atoms with Crippen LogP contribution >= 0.6 is 0 Å². The van der Waals surface area contributed by atoms with E-state index in [9.17, 15) is 10.1 Å². The summed E-state index contributed by atoms with van der Waals surface area (Å²) in [6.45, 7) is 2.44. The number of hydrogen-bond donors (Lipinski definition) is 1. The molecule has 0 amide bonds. The molecule has 0 aliphatic heterocycles. The van der Waals surface area contributed by atoms with Gasteiger partial charge in [0.2, 0.25) is 0 Å². The topological polar surface area (TPSA) is 55.2 Å². The van der Waals surface area contributed by atoms with E-state index in [4.69, 9.17) is 6.42 Å². The van der Waals surface area contributed by atoms with Crippen molar-refractivity contribution in [3.63, 3.8) is 0 Å². The van der Waals surface area contributed by atoms with Gasteiger partial charge in [0.15, 0.2) is 0 Å². The Hall–Kier alpha value is -1.86. The predicted octanol–water partition coefficient (Wildman–Crippen LogP) is 1.88. The summed E-state index contributed by atoms with van der Waals surface area (Å²) < 4.78 is 0. The highest BCUT2D eigenvalue weighted by Crippen LogP contribution is 2.16. The number of rotatable bonds is 4. The molecule has 1 unspecified atom stereocenters. The van der Waals surface area contributed by atoms with E-state index in [2.05, 4.69) is 11.2 Å².